The van der Waals surface area contributed by atoms with Crippen LogP contribution in [0, 0.1) is 34.0 Å². The molecule has 0 atom stereocenters. The van der Waals surface area contributed by atoms with Gasteiger partial charge >= 0.3 is 0 Å². The number of nitriles is 3. The van der Waals surface area contributed by atoms with Crippen molar-refractivity contribution >= 4 is 11.3 Å². The fraction of sp³-hybridized carbons (Fsp3) is 0.381. The minimum absolute atomic E-state index is 0.0488. The molecule has 0 amide bonds. The number of hydrogen-bond donors (Lipinski definition) is 1. The highest BCUT2D eigenvalue weighted by atomic mass is 16.5. The number of allylic oxidation sites excluding steroid dienone is 2. The number of nitrogens with zero attached hydrogens (tertiary/aromatic N) is 4. The van der Waals surface area contributed by atoms with E-state index in [1.54, 1.807) is 12.1 Å². The van der Waals surface area contributed by atoms with Crippen molar-refractivity contribution in [2.24, 2.45) is 0 Å². The molecule has 0 unspecified atom stereocenters. The SMILES string of the molecule is CN(CCCCO)c1ccc(C2=C(C#N)C(=C(C#N)C#N)OC2(C)C)cc1. The molecule has 0 bridgehead atoms. The molecular weight excluding hydrogens is 340 g/mol. The first-order valence-corrected chi connectivity index (χ1v) is 8.70. The van der Waals surface area contributed by atoms with Gasteiger partial charge in [-0.1, -0.05) is 12.1 Å². The first-order chi connectivity index (χ1) is 12.9. The molecule has 0 saturated carbocycles. The average molecular weight is 362 g/mol. The van der Waals surface area contributed by atoms with E-state index in [1.807, 2.05) is 45.2 Å². The van der Waals surface area contributed by atoms with Gasteiger partial charge in [0.25, 0.3) is 0 Å². The predicted octanol–water partition coefficient (Wildman–Crippen LogP) is 3.28. The number of aliphatic hydroxyl groups is 1. The Morgan fingerprint density at radius 2 is 1.74 bits per heavy atom. The minimum atomic E-state index is -0.826. The second kappa shape index (κ2) is 8.41. The van der Waals surface area contributed by atoms with Crippen molar-refractivity contribution in [1.29, 1.82) is 15.8 Å². The molecule has 1 aromatic rings. The number of aliphatic hydroxyl groups excluding tert-OH is 1. The summed E-state index contributed by atoms with van der Waals surface area (Å²) in [6, 6.07) is 13.5. The maximum Gasteiger partial charge on any atom is 0.172 e. The lowest BCUT2D eigenvalue weighted by molar-refractivity contribution is 0.109. The van der Waals surface area contributed by atoms with Crippen molar-refractivity contribution in [2.75, 3.05) is 25.1 Å². The first-order valence-electron chi connectivity index (χ1n) is 8.70. The molecule has 0 aromatic heterocycles. The van der Waals surface area contributed by atoms with Crippen molar-refractivity contribution in [3.63, 3.8) is 0 Å². The van der Waals surface area contributed by atoms with Gasteiger partial charge in [-0.15, -0.1) is 0 Å². The van der Waals surface area contributed by atoms with Gasteiger partial charge in [-0.05, 0) is 44.4 Å². The van der Waals surface area contributed by atoms with E-state index in [4.69, 9.17) is 20.4 Å². The molecule has 138 valence electrons. The lowest BCUT2D eigenvalue weighted by Gasteiger charge is -2.24. The fourth-order valence-corrected chi connectivity index (χ4v) is 3.15. The van der Waals surface area contributed by atoms with Crippen LogP contribution < -0.4 is 4.90 Å². The van der Waals surface area contributed by atoms with Crippen molar-refractivity contribution in [3.05, 3.63) is 46.7 Å². The number of ether oxygens (including phenoxy) is 1. The lowest BCUT2D eigenvalue weighted by atomic mass is 9.89. The van der Waals surface area contributed by atoms with E-state index in [9.17, 15) is 5.26 Å². The highest BCUT2D eigenvalue weighted by Gasteiger charge is 2.40. The molecule has 0 saturated heterocycles. The van der Waals surface area contributed by atoms with E-state index in [0.29, 0.717) is 5.57 Å². The van der Waals surface area contributed by atoms with Crippen LogP contribution in [-0.4, -0.2) is 30.9 Å². The molecule has 0 radical (unpaired) electrons. The third-order valence-electron chi connectivity index (χ3n) is 4.50. The molecule has 1 aromatic carbocycles. The summed E-state index contributed by atoms with van der Waals surface area (Å²) in [5, 5.41) is 36.8. The molecule has 6 nitrogen and oxygen atoms in total. The van der Waals surface area contributed by atoms with Crippen LogP contribution in [0.5, 0.6) is 0 Å². The second-order valence-electron chi connectivity index (χ2n) is 6.80. The summed E-state index contributed by atoms with van der Waals surface area (Å²) in [6.45, 7) is 4.65. The second-order valence-corrected chi connectivity index (χ2v) is 6.80. The smallest absolute Gasteiger partial charge is 0.172 e. The van der Waals surface area contributed by atoms with Crippen molar-refractivity contribution in [2.45, 2.75) is 32.3 Å². The molecule has 6 heteroatoms. The normalized spacial score (nSPS) is 14.8. The van der Waals surface area contributed by atoms with E-state index < -0.39 is 5.60 Å². The van der Waals surface area contributed by atoms with E-state index in [2.05, 4.69) is 11.0 Å². The van der Waals surface area contributed by atoms with E-state index in [-0.39, 0.29) is 23.5 Å². The number of anilines is 1. The van der Waals surface area contributed by atoms with Crippen molar-refractivity contribution < 1.29 is 9.84 Å². The Morgan fingerprint density at radius 3 is 2.26 bits per heavy atom. The van der Waals surface area contributed by atoms with E-state index in [1.165, 1.54) is 0 Å². The number of benzene rings is 1. The van der Waals surface area contributed by atoms with Crippen LogP contribution in [0.15, 0.2) is 41.2 Å². The monoisotopic (exact) mass is 362 g/mol. The number of hydrogen-bond acceptors (Lipinski definition) is 6. The molecule has 1 aliphatic rings. The lowest BCUT2D eigenvalue weighted by Crippen LogP contribution is -2.21. The van der Waals surface area contributed by atoms with Gasteiger partial charge in [0.2, 0.25) is 0 Å². The molecule has 1 aliphatic heterocycles. The third kappa shape index (κ3) is 4.11. The Morgan fingerprint density at radius 1 is 1.11 bits per heavy atom. The molecular formula is C21H22N4O2. The Hall–Kier alpha value is -3.27. The van der Waals surface area contributed by atoms with Gasteiger partial charge in [-0.3, -0.25) is 0 Å². The highest BCUT2D eigenvalue weighted by molar-refractivity contribution is 5.84. The number of rotatable bonds is 6. The summed E-state index contributed by atoms with van der Waals surface area (Å²) in [5.74, 6) is 0.0488. The first kappa shape index (κ1) is 20.0. The van der Waals surface area contributed by atoms with E-state index >= 15 is 0 Å². The maximum absolute atomic E-state index is 9.63. The van der Waals surface area contributed by atoms with Gasteiger partial charge in [0.15, 0.2) is 11.3 Å². The van der Waals surface area contributed by atoms with Crippen molar-refractivity contribution in [1.82, 2.24) is 0 Å². The van der Waals surface area contributed by atoms with Crippen LogP contribution in [0.1, 0.15) is 32.3 Å². The van der Waals surface area contributed by atoms with Crippen LogP contribution >= 0.6 is 0 Å². The highest BCUT2D eigenvalue weighted by Crippen LogP contribution is 2.45. The molecule has 1 N–H and O–H groups in total. The Balaban J connectivity index is 2.42. The largest absolute Gasteiger partial charge is 0.480 e. The van der Waals surface area contributed by atoms with Gasteiger partial charge in [0.05, 0.1) is 0 Å². The van der Waals surface area contributed by atoms with Crippen LogP contribution in [0.25, 0.3) is 5.57 Å². The topological polar surface area (TPSA) is 104 Å². The summed E-state index contributed by atoms with van der Waals surface area (Å²) in [7, 11) is 1.99. The molecule has 1 heterocycles. The molecule has 27 heavy (non-hydrogen) atoms. The average Bonchev–Trinajstić information content (AvgIpc) is 2.93. The van der Waals surface area contributed by atoms with Crippen LogP contribution in [-0.2, 0) is 4.74 Å². The Kier molecular flexibility index (Phi) is 6.24. The zero-order chi connectivity index (χ0) is 20.0. The predicted molar refractivity (Wildman–Crippen MR) is 102 cm³/mol. The van der Waals surface area contributed by atoms with Gasteiger partial charge in [-0.2, -0.15) is 15.8 Å². The standard InChI is InChI=1S/C21H22N4O2/c1-21(2)19(18(14-24)20(27-21)16(12-22)13-23)15-6-8-17(9-7-15)25(3)10-4-5-11-26/h6-9,26H,4-5,10-11H2,1-3H3. The zero-order valence-electron chi connectivity index (χ0n) is 15.8. The summed E-state index contributed by atoms with van der Waals surface area (Å²) in [5.41, 5.74) is 1.70. The van der Waals surface area contributed by atoms with Gasteiger partial charge in [0.1, 0.15) is 29.4 Å². The van der Waals surface area contributed by atoms with Crippen LogP contribution in [0.4, 0.5) is 5.69 Å². The molecule has 0 spiro atoms. The molecule has 0 aliphatic carbocycles. The maximum atomic E-state index is 9.63. The Bertz CT molecular complexity index is 874. The zero-order valence-corrected chi connectivity index (χ0v) is 15.8. The van der Waals surface area contributed by atoms with Gasteiger partial charge < -0.3 is 14.7 Å². The van der Waals surface area contributed by atoms with E-state index in [0.717, 1.165) is 30.6 Å². The summed E-state index contributed by atoms with van der Waals surface area (Å²) < 4.78 is 5.81. The molecule has 2 rings (SSSR count). The quantitative estimate of drug-likeness (QED) is 0.615. The van der Waals surface area contributed by atoms with Gasteiger partial charge in [0, 0.05) is 31.5 Å². The summed E-state index contributed by atoms with van der Waals surface area (Å²) in [4.78, 5) is 2.10. The summed E-state index contributed by atoms with van der Waals surface area (Å²) >= 11 is 0. The Labute approximate surface area is 159 Å². The van der Waals surface area contributed by atoms with Crippen molar-refractivity contribution in [3.8, 4) is 18.2 Å². The summed E-state index contributed by atoms with van der Waals surface area (Å²) in [6.07, 6.45) is 1.67. The minimum Gasteiger partial charge on any atom is -0.480 e. The third-order valence-corrected chi connectivity index (χ3v) is 4.50. The number of unbranched alkanes of at least 4 members (excludes halogenated alkanes) is 1. The fourth-order valence-electron chi connectivity index (χ4n) is 3.15. The van der Waals surface area contributed by atoms with Gasteiger partial charge in [-0.25, -0.2) is 0 Å². The van der Waals surface area contributed by atoms with Crippen LogP contribution in [0.3, 0.4) is 0 Å². The molecule has 0 fully saturated rings. The van der Waals surface area contributed by atoms with Crippen LogP contribution in [0.2, 0.25) is 0 Å².